The van der Waals surface area contributed by atoms with Gasteiger partial charge >= 0.3 is 0 Å². The quantitative estimate of drug-likeness (QED) is 0.711. The summed E-state index contributed by atoms with van der Waals surface area (Å²) < 4.78 is 17.7. The highest BCUT2D eigenvalue weighted by Crippen LogP contribution is 2.16. The zero-order chi connectivity index (χ0) is 17.6. The first-order chi connectivity index (χ1) is 12.0. The first-order valence-electron chi connectivity index (χ1n) is 8.54. The molecule has 1 aromatic carbocycles. The van der Waals surface area contributed by atoms with Gasteiger partial charge in [0.25, 0.3) is 5.78 Å². The van der Waals surface area contributed by atoms with E-state index in [0.29, 0.717) is 16.6 Å². The summed E-state index contributed by atoms with van der Waals surface area (Å²) >= 11 is 5.49. The first-order valence-corrected chi connectivity index (χ1v) is 8.95. The topological polar surface area (TPSA) is 39.6 Å². The Morgan fingerprint density at radius 3 is 2.60 bits per heavy atom. The van der Waals surface area contributed by atoms with Crippen LogP contribution in [0.25, 0.3) is 5.78 Å². The molecular weight excluding hydrogens is 337 g/mol. The summed E-state index contributed by atoms with van der Waals surface area (Å²) in [6.45, 7) is 5.59. The normalized spacial score (nSPS) is 15.6. The van der Waals surface area contributed by atoms with Gasteiger partial charge in [0.2, 0.25) is 4.77 Å². The minimum absolute atomic E-state index is 0.196. The number of quaternary nitrogens is 1. The Kier molecular flexibility index (Phi) is 4.13. The number of aryl methyl sites for hydroxylation is 2. The van der Waals surface area contributed by atoms with Crippen molar-refractivity contribution in [3.63, 3.8) is 0 Å². The van der Waals surface area contributed by atoms with Crippen molar-refractivity contribution in [3.8, 4) is 0 Å². The van der Waals surface area contributed by atoms with Crippen LogP contribution in [0.1, 0.15) is 29.8 Å². The Bertz CT molecular complexity index is 972. The number of hydrogen-bond donors (Lipinski definition) is 1. The molecule has 1 unspecified atom stereocenters. The lowest BCUT2D eigenvalue weighted by Gasteiger charge is -2.20. The summed E-state index contributed by atoms with van der Waals surface area (Å²) in [7, 11) is 0. The van der Waals surface area contributed by atoms with Crippen LogP contribution in [0.5, 0.6) is 0 Å². The molecule has 0 bridgehead atoms. The van der Waals surface area contributed by atoms with Crippen molar-refractivity contribution < 1.29 is 9.29 Å². The monoisotopic (exact) mass is 358 g/mol. The number of halogens is 1. The molecular formula is C18H21FN5S+. The molecule has 1 aliphatic carbocycles. The minimum Gasteiger partial charge on any atom is -0.310 e. The molecule has 3 aromatic rings. The lowest BCUT2D eigenvalue weighted by molar-refractivity contribution is -0.947. The Labute approximate surface area is 150 Å². The number of nitrogens with one attached hydrogen (secondary N) is 1. The zero-order valence-corrected chi connectivity index (χ0v) is 15.2. The van der Waals surface area contributed by atoms with Crippen molar-refractivity contribution >= 4 is 18.0 Å². The van der Waals surface area contributed by atoms with Crippen molar-refractivity contribution in [3.05, 3.63) is 57.9 Å². The average molecular weight is 358 g/mol. The second-order valence-corrected chi connectivity index (χ2v) is 7.20. The highest BCUT2D eigenvalue weighted by atomic mass is 32.1. The van der Waals surface area contributed by atoms with Crippen LogP contribution in [0.4, 0.5) is 4.39 Å². The molecule has 1 aliphatic rings. The van der Waals surface area contributed by atoms with E-state index in [1.807, 2.05) is 41.2 Å². The fourth-order valence-electron chi connectivity index (χ4n) is 3.37. The molecule has 0 aliphatic heterocycles. The van der Waals surface area contributed by atoms with Crippen molar-refractivity contribution in [1.82, 2.24) is 19.2 Å². The van der Waals surface area contributed by atoms with Crippen LogP contribution >= 0.6 is 12.2 Å². The number of aromatic nitrogens is 4. The van der Waals surface area contributed by atoms with Gasteiger partial charge in [-0.05, 0) is 44.3 Å². The van der Waals surface area contributed by atoms with Gasteiger partial charge in [0.15, 0.2) is 6.67 Å². The van der Waals surface area contributed by atoms with Gasteiger partial charge in [-0.2, -0.15) is 4.98 Å². The smallest absolute Gasteiger partial charge is 0.252 e. The van der Waals surface area contributed by atoms with E-state index in [2.05, 4.69) is 9.97 Å². The molecule has 0 amide bonds. The first kappa shape index (κ1) is 16.4. The van der Waals surface area contributed by atoms with Crippen molar-refractivity contribution in [2.24, 2.45) is 0 Å². The predicted molar refractivity (Wildman–Crippen MR) is 95.4 cm³/mol. The van der Waals surface area contributed by atoms with E-state index in [1.54, 1.807) is 0 Å². The summed E-state index contributed by atoms with van der Waals surface area (Å²) in [5.41, 5.74) is 3.15. The van der Waals surface area contributed by atoms with E-state index in [9.17, 15) is 4.39 Å². The highest BCUT2D eigenvalue weighted by molar-refractivity contribution is 7.71. The molecule has 1 N–H and O–H groups in total. The summed E-state index contributed by atoms with van der Waals surface area (Å²) in [5.74, 6) is 0.456. The molecule has 5 nitrogen and oxygen atoms in total. The van der Waals surface area contributed by atoms with E-state index in [4.69, 9.17) is 12.2 Å². The second-order valence-electron chi connectivity index (χ2n) is 6.84. The lowest BCUT2D eigenvalue weighted by Crippen LogP contribution is -3.11. The highest BCUT2D eigenvalue weighted by Gasteiger charge is 2.34. The number of rotatable bonds is 5. The second kappa shape index (κ2) is 6.31. The molecule has 130 valence electrons. The Balaban J connectivity index is 1.67. The Morgan fingerprint density at radius 1 is 1.20 bits per heavy atom. The van der Waals surface area contributed by atoms with Crippen LogP contribution in [0.2, 0.25) is 0 Å². The average Bonchev–Trinajstić information content (AvgIpc) is 3.34. The van der Waals surface area contributed by atoms with Crippen LogP contribution in [0.15, 0.2) is 30.3 Å². The van der Waals surface area contributed by atoms with Gasteiger partial charge in [-0.3, -0.25) is 0 Å². The molecule has 4 rings (SSSR count). The maximum absolute atomic E-state index is 13.2. The van der Waals surface area contributed by atoms with Crippen LogP contribution in [0, 0.1) is 24.4 Å². The summed E-state index contributed by atoms with van der Waals surface area (Å²) in [6.07, 6.45) is 2.44. The Morgan fingerprint density at radius 2 is 1.92 bits per heavy atom. The summed E-state index contributed by atoms with van der Waals surface area (Å²) in [6, 6.07) is 9.43. The fraction of sp³-hybridized carbons (Fsp3) is 0.389. The van der Waals surface area contributed by atoms with E-state index >= 15 is 0 Å². The third-order valence-corrected chi connectivity index (χ3v) is 5.03. The zero-order valence-electron chi connectivity index (χ0n) is 14.4. The van der Waals surface area contributed by atoms with Gasteiger partial charge in [0.1, 0.15) is 12.4 Å². The van der Waals surface area contributed by atoms with Crippen molar-refractivity contribution in [2.45, 2.75) is 45.9 Å². The molecule has 2 aromatic heterocycles. The third kappa shape index (κ3) is 3.34. The predicted octanol–water partition coefficient (Wildman–Crippen LogP) is 2.22. The van der Waals surface area contributed by atoms with E-state index in [0.717, 1.165) is 30.2 Å². The van der Waals surface area contributed by atoms with Crippen LogP contribution < -0.4 is 4.90 Å². The molecule has 0 spiro atoms. The lowest BCUT2D eigenvalue weighted by atomic mass is 10.2. The molecule has 1 fully saturated rings. The molecule has 1 saturated carbocycles. The van der Waals surface area contributed by atoms with Gasteiger partial charge in [0, 0.05) is 29.8 Å². The number of nitrogens with zero attached hydrogens (tertiary/aromatic N) is 4. The van der Waals surface area contributed by atoms with Crippen molar-refractivity contribution in [1.29, 1.82) is 0 Å². The van der Waals surface area contributed by atoms with Crippen molar-refractivity contribution in [2.75, 3.05) is 0 Å². The van der Waals surface area contributed by atoms with Gasteiger partial charge in [-0.1, -0.05) is 12.1 Å². The van der Waals surface area contributed by atoms with Gasteiger partial charge < -0.3 is 4.90 Å². The van der Waals surface area contributed by atoms with Crippen LogP contribution in [-0.4, -0.2) is 25.2 Å². The van der Waals surface area contributed by atoms with E-state index in [-0.39, 0.29) is 5.82 Å². The summed E-state index contributed by atoms with van der Waals surface area (Å²) in [4.78, 5) is 10.4. The largest absolute Gasteiger partial charge is 0.310 e. The molecule has 25 heavy (non-hydrogen) atoms. The number of benzene rings is 1. The molecule has 0 saturated heterocycles. The van der Waals surface area contributed by atoms with E-state index < -0.39 is 0 Å². The Hall–Kier alpha value is -2.12. The maximum Gasteiger partial charge on any atom is 0.252 e. The van der Waals surface area contributed by atoms with Gasteiger partial charge in [-0.25, -0.2) is 18.6 Å². The fourth-order valence-corrected chi connectivity index (χ4v) is 3.60. The van der Waals surface area contributed by atoms with Gasteiger partial charge in [0.05, 0.1) is 6.04 Å². The third-order valence-electron chi connectivity index (χ3n) is 4.73. The molecule has 7 heteroatoms. The number of fused-ring (bicyclic) bond motifs is 1. The van der Waals surface area contributed by atoms with E-state index in [1.165, 1.54) is 29.9 Å². The molecule has 2 heterocycles. The van der Waals surface area contributed by atoms with Crippen LogP contribution in [-0.2, 0) is 13.2 Å². The number of hydrogen-bond acceptors (Lipinski definition) is 3. The van der Waals surface area contributed by atoms with Gasteiger partial charge in [-0.15, -0.1) is 0 Å². The van der Waals surface area contributed by atoms with Crippen LogP contribution in [0.3, 0.4) is 0 Å². The molecule has 1 atom stereocenters. The standard InChI is InChI=1S/C18H20FN5S/c1-12-9-13(2)24-17(20-12)21-18(25)23(24)11-22(16-7-8-16)10-14-3-5-15(19)6-4-14/h3-6,9,16H,7-8,10-11H2,1-2H3/p+1. The SMILES string of the molecule is Cc1cc(C)n2c(n1)nc(=S)n2C[NH+](Cc1ccc(F)cc1)C1CC1. The molecule has 0 radical (unpaired) electrons. The maximum atomic E-state index is 13.2. The summed E-state index contributed by atoms with van der Waals surface area (Å²) in [5, 5.41) is 0. The minimum atomic E-state index is -0.196.